The number of rotatable bonds is 5. The second-order valence-corrected chi connectivity index (χ2v) is 9.88. The van der Waals surface area contributed by atoms with Crippen LogP contribution in [0.5, 0.6) is 0 Å². The standard InChI is InChI=1S/C26H19ClF2N4O2S/c27-17-4-1-3-16(11-17)22-13-21(15-7-9-18(28)10-8-15)32-33(22)26-31-25(35)23(36-26)14-24(34)30-20-6-2-5-19(29)12-20/h1-12,22-23H,13-14H2,(H,30,34). The number of anilines is 1. The van der Waals surface area contributed by atoms with Crippen molar-refractivity contribution in [1.29, 1.82) is 0 Å². The van der Waals surface area contributed by atoms with E-state index >= 15 is 0 Å². The van der Waals surface area contributed by atoms with Crippen LogP contribution in [0.1, 0.15) is 30.0 Å². The molecule has 2 heterocycles. The summed E-state index contributed by atoms with van der Waals surface area (Å²) in [6.45, 7) is 0. The van der Waals surface area contributed by atoms with E-state index in [1.54, 1.807) is 29.3 Å². The van der Waals surface area contributed by atoms with Crippen molar-refractivity contribution in [3.05, 3.63) is 101 Å². The lowest BCUT2D eigenvalue weighted by atomic mass is 9.98. The highest BCUT2D eigenvalue weighted by Crippen LogP contribution is 2.39. The number of nitrogens with one attached hydrogen (secondary N) is 1. The van der Waals surface area contributed by atoms with Crippen LogP contribution in [0.25, 0.3) is 0 Å². The maximum atomic E-state index is 13.5. The highest BCUT2D eigenvalue weighted by molar-refractivity contribution is 8.15. The molecule has 0 saturated carbocycles. The van der Waals surface area contributed by atoms with Gasteiger partial charge in [-0.1, -0.05) is 53.7 Å². The molecule has 5 rings (SSSR count). The van der Waals surface area contributed by atoms with E-state index in [0.717, 1.165) is 22.9 Å². The fourth-order valence-corrected chi connectivity index (χ4v) is 5.29. The van der Waals surface area contributed by atoms with Crippen LogP contribution in [0.3, 0.4) is 0 Å². The molecule has 0 radical (unpaired) electrons. The number of nitrogens with zero attached hydrogens (tertiary/aromatic N) is 3. The van der Waals surface area contributed by atoms with E-state index < -0.39 is 22.9 Å². The Morgan fingerprint density at radius 2 is 1.83 bits per heavy atom. The van der Waals surface area contributed by atoms with E-state index in [-0.39, 0.29) is 18.3 Å². The van der Waals surface area contributed by atoms with Crippen molar-refractivity contribution in [3.63, 3.8) is 0 Å². The lowest BCUT2D eigenvalue weighted by Crippen LogP contribution is -2.25. The van der Waals surface area contributed by atoms with Gasteiger partial charge in [0.15, 0.2) is 5.17 Å². The molecule has 1 N–H and O–H groups in total. The predicted octanol–water partition coefficient (Wildman–Crippen LogP) is 5.80. The van der Waals surface area contributed by atoms with Crippen molar-refractivity contribution in [2.45, 2.75) is 24.1 Å². The molecule has 0 aliphatic carbocycles. The molecule has 0 saturated heterocycles. The number of halogens is 3. The van der Waals surface area contributed by atoms with E-state index in [9.17, 15) is 18.4 Å². The van der Waals surface area contributed by atoms with Crippen LogP contribution in [0.2, 0.25) is 5.02 Å². The van der Waals surface area contributed by atoms with E-state index in [4.69, 9.17) is 16.7 Å². The number of amides is 2. The summed E-state index contributed by atoms with van der Waals surface area (Å²) in [5.74, 6) is -1.69. The first-order chi connectivity index (χ1) is 17.4. The Hall–Kier alpha value is -3.56. The number of aliphatic imine (C=N–C) groups is 1. The number of carbonyl (C=O) groups excluding carboxylic acids is 2. The molecule has 0 spiro atoms. The van der Waals surface area contributed by atoms with Gasteiger partial charge in [-0.15, -0.1) is 0 Å². The van der Waals surface area contributed by atoms with Crippen LogP contribution in [-0.4, -0.2) is 33.0 Å². The van der Waals surface area contributed by atoms with Crippen LogP contribution in [0.15, 0.2) is 82.9 Å². The van der Waals surface area contributed by atoms with Crippen molar-refractivity contribution >= 4 is 51.7 Å². The molecule has 6 nitrogen and oxygen atoms in total. The third kappa shape index (κ3) is 5.32. The van der Waals surface area contributed by atoms with Gasteiger partial charge in [-0.25, -0.2) is 13.8 Å². The summed E-state index contributed by atoms with van der Waals surface area (Å²) in [5, 5.41) is 9.18. The summed E-state index contributed by atoms with van der Waals surface area (Å²) in [6, 6.07) is 18.6. The summed E-state index contributed by atoms with van der Waals surface area (Å²) in [6.07, 6.45) is 0.363. The van der Waals surface area contributed by atoms with Gasteiger partial charge in [-0.2, -0.15) is 10.1 Å². The number of amidine groups is 1. The van der Waals surface area contributed by atoms with Gasteiger partial charge in [-0.05, 0) is 53.6 Å². The fourth-order valence-electron chi connectivity index (χ4n) is 4.03. The van der Waals surface area contributed by atoms with Crippen LogP contribution in [0.4, 0.5) is 14.5 Å². The largest absolute Gasteiger partial charge is 0.326 e. The SMILES string of the molecule is O=C(CC1SC(N2N=C(c3ccc(F)cc3)CC2c2cccc(Cl)c2)=NC1=O)Nc1cccc(F)c1. The predicted molar refractivity (Wildman–Crippen MR) is 137 cm³/mol. The van der Waals surface area contributed by atoms with E-state index in [1.807, 2.05) is 18.2 Å². The molecule has 2 atom stereocenters. The number of benzene rings is 3. The van der Waals surface area contributed by atoms with Crippen molar-refractivity contribution in [1.82, 2.24) is 5.01 Å². The number of carbonyl (C=O) groups is 2. The Kier molecular flexibility index (Phi) is 6.84. The molecule has 2 aliphatic heterocycles. The molecule has 182 valence electrons. The number of thioether (sulfide) groups is 1. The minimum atomic E-state index is -0.737. The van der Waals surface area contributed by atoms with Gasteiger partial charge in [0, 0.05) is 23.6 Å². The first-order valence-electron chi connectivity index (χ1n) is 11.1. The Balaban J connectivity index is 1.36. The summed E-state index contributed by atoms with van der Waals surface area (Å²) >= 11 is 7.38. The van der Waals surface area contributed by atoms with E-state index in [2.05, 4.69) is 10.3 Å². The van der Waals surface area contributed by atoms with Crippen molar-refractivity contribution in [2.24, 2.45) is 10.1 Å². The molecule has 3 aromatic carbocycles. The van der Waals surface area contributed by atoms with Gasteiger partial charge in [0.05, 0.1) is 11.8 Å². The number of hydrazone groups is 1. The minimum absolute atomic E-state index is 0.128. The first kappa shape index (κ1) is 24.1. The average molecular weight is 525 g/mol. The Morgan fingerprint density at radius 1 is 1.06 bits per heavy atom. The van der Waals surface area contributed by atoms with Crippen LogP contribution < -0.4 is 5.32 Å². The Bertz CT molecular complexity index is 1400. The van der Waals surface area contributed by atoms with Gasteiger partial charge >= 0.3 is 0 Å². The Labute approximate surface area is 215 Å². The van der Waals surface area contributed by atoms with Crippen molar-refractivity contribution in [3.8, 4) is 0 Å². The van der Waals surface area contributed by atoms with Gasteiger partial charge in [-0.3, -0.25) is 9.59 Å². The molecule has 10 heteroatoms. The van der Waals surface area contributed by atoms with Gasteiger partial charge in [0.25, 0.3) is 5.91 Å². The maximum absolute atomic E-state index is 13.5. The third-order valence-electron chi connectivity index (χ3n) is 5.73. The maximum Gasteiger partial charge on any atom is 0.262 e. The molecule has 2 amide bonds. The zero-order chi connectivity index (χ0) is 25.2. The van der Waals surface area contributed by atoms with Gasteiger partial charge in [0.1, 0.15) is 16.9 Å². The number of hydrogen-bond donors (Lipinski definition) is 1. The zero-order valence-electron chi connectivity index (χ0n) is 18.7. The van der Waals surface area contributed by atoms with E-state index in [1.165, 1.54) is 30.3 Å². The molecule has 0 fully saturated rings. The summed E-state index contributed by atoms with van der Waals surface area (Å²) in [5.41, 5.74) is 2.66. The van der Waals surface area contributed by atoms with Crippen LogP contribution >= 0.6 is 23.4 Å². The highest BCUT2D eigenvalue weighted by Gasteiger charge is 2.39. The molecular formula is C26H19ClF2N4O2S. The first-order valence-corrected chi connectivity index (χ1v) is 12.3. The quantitative estimate of drug-likeness (QED) is 0.458. The van der Waals surface area contributed by atoms with Gasteiger partial charge in [0.2, 0.25) is 5.91 Å². The van der Waals surface area contributed by atoms with Crippen molar-refractivity contribution in [2.75, 3.05) is 5.32 Å². The third-order valence-corrected chi connectivity index (χ3v) is 7.10. The summed E-state index contributed by atoms with van der Waals surface area (Å²) < 4.78 is 26.9. The smallest absolute Gasteiger partial charge is 0.262 e. The molecule has 2 unspecified atom stereocenters. The molecule has 0 bridgehead atoms. The second-order valence-electron chi connectivity index (χ2n) is 8.27. The molecule has 3 aromatic rings. The van der Waals surface area contributed by atoms with E-state index in [0.29, 0.717) is 28.0 Å². The van der Waals surface area contributed by atoms with Crippen LogP contribution in [0, 0.1) is 11.6 Å². The molecule has 0 aromatic heterocycles. The van der Waals surface area contributed by atoms with Crippen LogP contribution in [-0.2, 0) is 9.59 Å². The monoisotopic (exact) mass is 524 g/mol. The summed E-state index contributed by atoms with van der Waals surface area (Å²) in [7, 11) is 0. The molecule has 36 heavy (non-hydrogen) atoms. The van der Waals surface area contributed by atoms with Gasteiger partial charge < -0.3 is 5.32 Å². The number of hydrogen-bond acceptors (Lipinski definition) is 5. The highest BCUT2D eigenvalue weighted by atomic mass is 35.5. The second kappa shape index (κ2) is 10.2. The normalized spacial score (nSPS) is 19.3. The average Bonchev–Trinajstić information content (AvgIpc) is 3.44. The minimum Gasteiger partial charge on any atom is -0.326 e. The zero-order valence-corrected chi connectivity index (χ0v) is 20.3. The molecular weight excluding hydrogens is 506 g/mol. The Morgan fingerprint density at radius 3 is 2.58 bits per heavy atom. The topological polar surface area (TPSA) is 74.1 Å². The molecule has 2 aliphatic rings. The lowest BCUT2D eigenvalue weighted by Gasteiger charge is -2.23. The summed E-state index contributed by atoms with van der Waals surface area (Å²) in [4.78, 5) is 29.4. The lowest BCUT2D eigenvalue weighted by molar-refractivity contribution is -0.121. The van der Waals surface area contributed by atoms with Crippen molar-refractivity contribution < 1.29 is 18.4 Å². The fraction of sp³-hybridized carbons (Fsp3) is 0.154.